The van der Waals surface area contributed by atoms with E-state index in [2.05, 4.69) is 20.4 Å². The van der Waals surface area contributed by atoms with Crippen LogP contribution in [-0.4, -0.2) is 54.4 Å². The Morgan fingerprint density at radius 1 is 1.00 bits per heavy atom. The molecule has 1 fully saturated rings. The Bertz CT molecular complexity index is 1070. The quantitative estimate of drug-likeness (QED) is 0.608. The number of methoxy groups -OCH3 is 1. The second kappa shape index (κ2) is 9.41. The molecule has 3 aromatic rings. The van der Waals surface area contributed by atoms with Crippen molar-refractivity contribution in [2.45, 2.75) is 0 Å². The van der Waals surface area contributed by atoms with Crippen molar-refractivity contribution in [1.82, 2.24) is 15.1 Å². The second-order valence-corrected chi connectivity index (χ2v) is 7.85. The van der Waals surface area contributed by atoms with Crippen LogP contribution >= 0.6 is 23.2 Å². The lowest BCUT2D eigenvalue weighted by Crippen LogP contribution is -2.50. The summed E-state index contributed by atoms with van der Waals surface area (Å²) in [4.78, 5) is 16.5. The molecule has 2 aromatic carbocycles. The number of nitrogens with one attached hydrogen (secondary N) is 1. The van der Waals surface area contributed by atoms with E-state index in [1.54, 1.807) is 30.2 Å². The molecule has 0 bridgehead atoms. The summed E-state index contributed by atoms with van der Waals surface area (Å²) in [6, 6.07) is 16.3. The first-order valence-corrected chi connectivity index (χ1v) is 10.5. The minimum Gasteiger partial charge on any atom is -0.495 e. The van der Waals surface area contributed by atoms with Crippen molar-refractivity contribution in [3.05, 3.63) is 64.6 Å². The number of carbonyl (C=O) groups excluding carboxylic acids is 1. The van der Waals surface area contributed by atoms with Gasteiger partial charge in [0.2, 0.25) is 0 Å². The third kappa shape index (κ3) is 4.84. The van der Waals surface area contributed by atoms with Crippen LogP contribution in [0.3, 0.4) is 0 Å². The molecule has 2 amide bonds. The van der Waals surface area contributed by atoms with E-state index in [0.29, 0.717) is 47.7 Å². The molecule has 1 aliphatic rings. The maximum absolute atomic E-state index is 12.7. The van der Waals surface area contributed by atoms with Crippen LogP contribution in [-0.2, 0) is 0 Å². The zero-order valence-electron chi connectivity index (χ0n) is 16.9. The third-order valence-electron chi connectivity index (χ3n) is 5.09. The number of rotatable bonds is 4. The molecule has 9 heteroatoms. The molecule has 0 atom stereocenters. The summed E-state index contributed by atoms with van der Waals surface area (Å²) in [6.45, 7) is 2.42. The number of anilines is 2. The summed E-state index contributed by atoms with van der Waals surface area (Å²) in [7, 11) is 1.55. The van der Waals surface area contributed by atoms with E-state index in [1.807, 2.05) is 36.4 Å². The Balaban J connectivity index is 1.37. The van der Waals surface area contributed by atoms with Gasteiger partial charge in [0.05, 0.1) is 23.5 Å². The lowest BCUT2D eigenvalue weighted by Gasteiger charge is -2.35. The van der Waals surface area contributed by atoms with Crippen molar-refractivity contribution in [2.75, 3.05) is 43.5 Å². The standard InChI is InChI=1S/C22H21Cl2N5O2/c1-31-20-8-6-15(23)14-19(20)25-22(30)29-12-10-28(11-13-29)21-9-7-18(26-27-21)16-4-2-3-5-17(16)24/h2-9,14H,10-13H2,1H3,(H,25,30). The number of carbonyl (C=O) groups is 1. The SMILES string of the molecule is COc1ccc(Cl)cc1NC(=O)N1CCN(c2ccc(-c3ccccc3Cl)nn2)CC1. The van der Waals surface area contributed by atoms with Gasteiger partial charge in [-0.15, -0.1) is 10.2 Å². The van der Waals surface area contributed by atoms with Gasteiger partial charge in [0.1, 0.15) is 5.75 Å². The van der Waals surface area contributed by atoms with Gasteiger partial charge >= 0.3 is 6.03 Å². The minimum atomic E-state index is -0.194. The number of halogens is 2. The molecule has 2 heterocycles. The van der Waals surface area contributed by atoms with E-state index in [9.17, 15) is 4.79 Å². The molecule has 4 rings (SSSR count). The summed E-state index contributed by atoms with van der Waals surface area (Å²) in [5, 5.41) is 12.7. The molecule has 7 nitrogen and oxygen atoms in total. The van der Waals surface area contributed by atoms with Crippen molar-refractivity contribution in [2.24, 2.45) is 0 Å². The number of amides is 2. The number of piperazine rings is 1. The number of hydrogen-bond acceptors (Lipinski definition) is 5. The molecule has 1 N–H and O–H groups in total. The molecule has 0 saturated carbocycles. The number of nitrogens with zero attached hydrogens (tertiary/aromatic N) is 4. The van der Waals surface area contributed by atoms with Crippen LogP contribution < -0.4 is 15.0 Å². The fraction of sp³-hybridized carbons (Fsp3) is 0.227. The summed E-state index contributed by atoms with van der Waals surface area (Å²) in [6.07, 6.45) is 0. The van der Waals surface area contributed by atoms with Gasteiger partial charge < -0.3 is 19.9 Å². The summed E-state index contributed by atoms with van der Waals surface area (Å²) < 4.78 is 5.29. The molecule has 0 spiro atoms. The van der Waals surface area contributed by atoms with Crippen LogP contribution in [0.25, 0.3) is 11.3 Å². The van der Waals surface area contributed by atoms with Crippen molar-refractivity contribution in [1.29, 1.82) is 0 Å². The van der Waals surface area contributed by atoms with Gasteiger partial charge in [-0.25, -0.2) is 4.79 Å². The highest BCUT2D eigenvalue weighted by Gasteiger charge is 2.23. The maximum Gasteiger partial charge on any atom is 0.322 e. The lowest BCUT2D eigenvalue weighted by molar-refractivity contribution is 0.208. The van der Waals surface area contributed by atoms with E-state index < -0.39 is 0 Å². The second-order valence-electron chi connectivity index (χ2n) is 7.01. The lowest BCUT2D eigenvalue weighted by atomic mass is 10.1. The monoisotopic (exact) mass is 457 g/mol. The van der Waals surface area contributed by atoms with E-state index in [4.69, 9.17) is 27.9 Å². The molecule has 1 aliphatic heterocycles. The molecule has 31 heavy (non-hydrogen) atoms. The molecule has 1 aromatic heterocycles. The zero-order valence-corrected chi connectivity index (χ0v) is 18.4. The summed E-state index contributed by atoms with van der Waals surface area (Å²) in [5.41, 5.74) is 2.12. The van der Waals surface area contributed by atoms with Crippen LogP contribution in [0.2, 0.25) is 10.0 Å². The summed E-state index contributed by atoms with van der Waals surface area (Å²) in [5.74, 6) is 1.33. The number of hydrogen-bond donors (Lipinski definition) is 1. The van der Waals surface area contributed by atoms with Crippen LogP contribution in [0.5, 0.6) is 5.75 Å². The number of benzene rings is 2. The van der Waals surface area contributed by atoms with E-state index in [1.165, 1.54) is 0 Å². The van der Waals surface area contributed by atoms with E-state index in [0.717, 1.165) is 17.1 Å². The highest BCUT2D eigenvalue weighted by atomic mass is 35.5. The first kappa shape index (κ1) is 21.2. The van der Waals surface area contributed by atoms with Crippen LogP contribution in [0.4, 0.5) is 16.3 Å². The zero-order chi connectivity index (χ0) is 21.8. The maximum atomic E-state index is 12.7. The topological polar surface area (TPSA) is 70.6 Å². The molecule has 0 aliphatic carbocycles. The van der Waals surface area contributed by atoms with Crippen molar-refractivity contribution in [3.63, 3.8) is 0 Å². The highest BCUT2D eigenvalue weighted by molar-refractivity contribution is 6.33. The summed E-state index contributed by atoms with van der Waals surface area (Å²) >= 11 is 12.3. The average molecular weight is 458 g/mol. The van der Waals surface area contributed by atoms with E-state index >= 15 is 0 Å². The number of ether oxygens (including phenoxy) is 1. The predicted octanol–water partition coefficient (Wildman–Crippen LogP) is 4.81. The Morgan fingerprint density at radius 2 is 1.77 bits per heavy atom. The van der Waals surface area contributed by atoms with Gasteiger partial charge in [-0.05, 0) is 36.4 Å². The van der Waals surface area contributed by atoms with E-state index in [-0.39, 0.29) is 6.03 Å². The first-order valence-electron chi connectivity index (χ1n) is 9.78. The van der Waals surface area contributed by atoms with Gasteiger partial charge in [0.15, 0.2) is 5.82 Å². The molecular weight excluding hydrogens is 437 g/mol. The Kier molecular flexibility index (Phi) is 6.44. The molecule has 0 radical (unpaired) electrons. The third-order valence-corrected chi connectivity index (χ3v) is 5.66. The van der Waals surface area contributed by atoms with Crippen LogP contribution in [0, 0.1) is 0 Å². The number of aromatic nitrogens is 2. The average Bonchev–Trinajstić information content (AvgIpc) is 2.80. The van der Waals surface area contributed by atoms with Crippen LogP contribution in [0.15, 0.2) is 54.6 Å². The fourth-order valence-electron chi connectivity index (χ4n) is 3.42. The van der Waals surface area contributed by atoms with Gasteiger partial charge in [0.25, 0.3) is 0 Å². The van der Waals surface area contributed by atoms with Gasteiger partial charge in [-0.2, -0.15) is 0 Å². The smallest absolute Gasteiger partial charge is 0.322 e. The fourth-order valence-corrected chi connectivity index (χ4v) is 3.82. The van der Waals surface area contributed by atoms with Gasteiger partial charge in [0, 0.05) is 36.8 Å². The van der Waals surface area contributed by atoms with Gasteiger partial charge in [-0.1, -0.05) is 41.4 Å². The van der Waals surface area contributed by atoms with Gasteiger partial charge in [-0.3, -0.25) is 0 Å². The molecular formula is C22H21Cl2N5O2. The van der Waals surface area contributed by atoms with Crippen molar-refractivity contribution >= 4 is 40.7 Å². The van der Waals surface area contributed by atoms with Crippen molar-refractivity contribution in [3.8, 4) is 17.0 Å². The Hall–Kier alpha value is -3.03. The highest BCUT2D eigenvalue weighted by Crippen LogP contribution is 2.28. The Labute approximate surface area is 190 Å². The number of urea groups is 1. The normalized spacial score (nSPS) is 13.8. The molecule has 160 valence electrons. The van der Waals surface area contributed by atoms with Crippen molar-refractivity contribution < 1.29 is 9.53 Å². The predicted molar refractivity (Wildman–Crippen MR) is 123 cm³/mol. The van der Waals surface area contributed by atoms with Crippen LogP contribution in [0.1, 0.15) is 0 Å². The first-order chi connectivity index (χ1) is 15.0. The minimum absolute atomic E-state index is 0.194. The Morgan fingerprint density at radius 3 is 2.45 bits per heavy atom. The molecule has 1 saturated heterocycles. The largest absolute Gasteiger partial charge is 0.495 e. The molecule has 0 unspecified atom stereocenters.